The monoisotopic (exact) mass is 367 g/mol. The maximum absolute atomic E-state index is 11.9. The molecule has 0 aliphatic carbocycles. The van der Waals surface area contributed by atoms with E-state index >= 15 is 0 Å². The zero-order valence-corrected chi connectivity index (χ0v) is 14.6. The molecule has 2 aromatic rings. The van der Waals surface area contributed by atoms with Crippen molar-refractivity contribution in [1.82, 2.24) is 5.32 Å². The summed E-state index contributed by atoms with van der Waals surface area (Å²) in [6.45, 7) is 2.23. The van der Waals surface area contributed by atoms with Gasteiger partial charge >= 0.3 is 6.03 Å². The SMILES string of the molecule is Cc1c(Cl)cccc1NC(=O)NCCc1ccc(S(N)(=O)=O)cc1. The Balaban J connectivity index is 1.85. The number of primary sulfonamides is 1. The van der Waals surface area contributed by atoms with E-state index in [1.54, 1.807) is 30.3 Å². The molecule has 6 nitrogen and oxygen atoms in total. The lowest BCUT2D eigenvalue weighted by Gasteiger charge is -2.11. The second-order valence-electron chi connectivity index (χ2n) is 5.23. The molecule has 0 saturated carbocycles. The number of hydrogen-bond acceptors (Lipinski definition) is 3. The van der Waals surface area contributed by atoms with Gasteiger partial charge in [0.25, 0.3) is 0 Å². The number of benzene rings is 2. The molecule has 0 bridgehead atoms. The third kappa shape index (κ3) is 4.95. The van der Waals surface area contributed by atoms with Gasteiger partial charge in [-0.2, -0.15) is 0 Å². The predicted molar refractivity (Wildman–Crippen MR) is 94.7 cm³/mol. The number of carbonyl (C=O) groups is 1. The zero-order chi connectivity index (χ0) is 17.7. The molecule has 4 N–H and O–H groups in total. The molecule has 2 amide bonds. The van der Waals surface area contributed by atoms with Crippen molar-refractivity contribution in [2.24, 2.45) is 5.14 Å². The summed E-state index contributed by atoms with van der Waals surface area (Å²) in [5, 5.41) is 11.1. The van der Waals surface area contributed by atoms with Crippen LogP contribution in [0, 0.1) is 6.92 Å². The lowest BCUT2D eigenvalue weighted by atomic mass is 10.1. The maximum atomic E-state index is 11.9. The van der Waals surface area contributed by atoms with E-state index in [2.05, 4.69) is 10.6 Å². The van der Waals surface area contributed by atoms with Crippen LogP contribution >= 0.6 is 11.6 Å². The lowest BCUT2D eigenvalue weighted by Crippen LogP contribution is -2.30. The highest BCUT2D eigenvalue weighted by Crippen LogP contribution is 2.22. The van der Waals surface area contributed by atoms with E-state index in [0.29, 0.717) is 23.7 Å². The van der Waals surface area contributed by atoms with Crippen LogP contribution in [0.15, 0.2) is 47.4 Å². The number of carbonyl (C=O) groups excluding carboxylic acids is 1. The lowest BCUT2D eigenvalue weighted by molar-refractivity contribution is 0.252. The summed E-state index contributed by atoms with van der Waals surface area (Å²) in [7, 11) is -3.69. The fourth-order valence-corrected chi connectivity index (χ4v) is 2.77. The molecule has 8 heteroatoms. The fraction of sp³-hybridized carbons (Fsp3) is 0.188. The van der Waals surface area contributed by atoms with Gasteiger partial charge in [0.15, 0.2) is 0 Å². The number of hydrogen-bond donors (Lipinski definition) is 3. The highest BCUT2D eigenvalue weighted by Gasteiger charge is 2.08. The first-order chi connectivity index (χ1) is 11.3. The predicted octanol–water partition coefficient (Wildman–Crippen LogP) is 2.66. The quantitative estimate of drug-likeness (QED) is 0.757. The number of halogens is 1. The molecule has 0 heterocycles. The molecule has 2 rings (SSSR count). The van der Waals surface area contributed by atoms with Crippen molar-refractivity contribution >= 4 is 33.3 Å². The molecular weight excluding hydrogens is 350 g/mol. The van der Waals surface area contributed by atoms with Crippen molar-refractivity contribution in [3.63, 3.8) is 0 Å². The van der Waals surface area contributed by atoms with Crippen molar-refractivity contribution in [3.8, 4) is 0 Å². The van der Waals surface area contributed by atoms with Gasteiger partial charge in [-0.1, -0.05) is 29.8 Å². The fourth-order valence-electron chi connectivity index (χ4n) is 2.08. The van der Waals surface area contributed by atoms with Crippen molar-refractivity contribution in [2.45, 2.75) is 18.2 Å². The Morgan fingerprint density at radius 1 is 1.17 bits per heavy atom. The van der Waals surface area contributed by atoms with E-state index < -0.39 is 10.0 Å². The van der Waals surface area contributed by atoms with Gasteiger partial charge in [-0.25, -0.2) is 18.4 Å². The van der Waals surface area contributed by atoms with Crippen molar-refractivity contribution in [2.75, 3.05) is 11.9 Å². The van der Waals surface area contributed by atoms with Crippen LogP contribution in [0.1, 0.15) is 11.1 Å². The molecule has 0 atom stereocenters. The molecule has 24 heavy (non-hydrogen) atoms. The van der Waals surface area contributed by atoms with Gasteiger partial charge in [0.1, 0.15) is 0 Å². The summed E-state index contributed by atoms with van der Waals surface area (Å²) in [6.07, 6.45) is 0.562. The van der Waals surface area contributed by atoms with Crippen LogP contribution in [0.25, 0.3) is 0 Å². The van der Waals surface area contributed by atoms with E-state index in [-0.39, 0.29) is 10.9 Å². The first kappa shape index (κ1) is 18.3. The van der Waals surface area contributed by atoms with E-state index in [0.717, 1.165) is 11.1 Å². The average molecular weight is 368 g/mol. The number of rotatable bonds is 5. The van der Waals surface area contributed by atoms with Gasteiger partial charge in [0.2, 0.25) is 10.0 Å². The number of nitrogens with one attached hydrogen (secondary N) is 2. The molecule has 2 aromatic carbocycles. The molecule has 0 saturated heterocycles. The smallest absolute Gasteiger partial charge is 0.319 e. The van der Waals surface area contributed by atoms with Gasteiger partial charge < -0.3 is 10.6 Å². The molecule has 0 unspecified atom stereocenters. The molecule has 128 valence electrons. The Hall–Kier alpha value is -2.09. The summed E-state index contributed by atoms with van der Waals surface area (Å²) >= 11 is 6.00. The molecule has 0 spiro atoms. The number of nitrogens with two attached hydrogens (primary N) is 1. The van der Waals surface area contributed by atoms with Crippen molar-refractivity contribution in [3.05, 3.63) is 58.6 Å². The van der Waals surface area contributed by atoms with Crippen LogP contribution in [0.3, 0.4) is 0 Å². The second kappa shape index (κ2) is 7.65. The summed E-state index contributed by atoms with van der Waals surface area (Å²) in [4.78, 5) is 12.0. The topological polar surface area (TPSA) is 101 Å². The van der Waals surface area contributed by atoms with E-state index in [1.165, 1.54) is 12.1 Å². The van der Waals surface area contributed by atoms with Crippen molar-refractivity contribution < 1.29 is 13.2 Å². The van der Waals surface area contributed by atoms with Gasteiger partial charge in [-0.15, -0.1) is 0 Å². The summed E-state index contributed by atoms with van der Waals surface area (Å²) < 4.78 is 22.4. The van der Waals surface area contributed by atoms with Gasteiger partial charge in [-0.3, -0.25) is 0 Å². The van der Waals surface area contributed by atoms with Crippen LogP contribution in [0.2, 0.25) is 5.02 Å². The van der Waals surface area contributed by atoms with Crippen LogP contribution in [-0.4, -0.2) is 21.0 Å². The van der Waals surface area contributed by atoms with Crippen LogP contribution in [0.4, 0.5) is 10.5 Å². The van der Waals surface area contributed by atoms with E-state index in [1.807, 2.05) is 6.92 Å². The Bertz CT molecular complexity index is 836. The molecular formula is C16H18ClN3O3S. The minimum Gasteiger partial charge on any atom is -0.338 e. The molecule has 0 aliphatic rings. The minimum absolute atomic E-state index is 0.0633. The third-order valence-electron chi connectivity index (χ3n) is 3.47. The Labute approximate surface area is 146 Å². The van der Waals surface area contributed by atoms with Gasteiger partial charge in [0.05, 0.1) is 4.90 Å². The summed E-state index contributed by atoms with van der Waals surface area (Å²) in [5.41, 5.74) is 2.34. The molecule has 0 aliphatic heterocycles. The minimum atomic E-state index is -3.69. The number of sulfonamides is 1. The average Bonchev–Trinajstić information content (AvgIpc) is 2.51. The zero-order valence-electron chi connectivity index (χ0n) is 13.0. The van der Waals surface area contributed by atoms with Gasteiger partial charge in [-0.05, 0) is 48.7 Å². The van der Waals surface area contributed by atoms with E-state index in [4.69, 9.17) is 16.7 Å². The standard InChI is InChI=1S/C16H18ClN3O3S/c1-11-14(17)3-2-4-15(11)20-16(21)19-10-9-12-5-7-13(8-6-12)24(18,22)23/h2-8H,9-10H2,1H3,(H2,18,22,23)(H2,19,20,21). The molecule has 0 radical (unpaired) electrons. The number of urea groups is 1. The maximum Gasteiger partial charge on any atom is 0.319 e. The Kier molecular flexibility index (Phi) is 5.82. The van der Waals surface area contributed by atoms with Crippen molar-refractivity contribution in [1.29, 1.82) is 0 Å². The van der Waals surface area contributed by atoms with Crippen LogP contribution in [0.5, 0.6) is 0 Å². The summed E-state index contributed by atoms with van der Waals surface area (Å²) in [6, 6.07) is 11.2. The third-order valence-corrected chi connectivity index (χ3v) is 4.81. The number of amides is 2. The number of anilines is 1. The van der Waals surface area contributed by atoms with Crippen LogP contribution in [-0.2, 0) is 16.4 Å². The Morgan fingerprint density at radius 2 is 1.83 bits per heavy atom. The molecule has 0 fully saturated rings. The van der Waals surface area contributed by atoms with Gasteiger partial charge in [0, 0.05) is 17.3 Å². The Morgan fingerprint density at radius 3 is 2.46 bits per heavy atom. The summed E-state index contributed by atoms with van der Waals surface area (Å²) in [5.74, 6) is 0. The second-order valence-corrected chi connectivity index (χ2v) is 7.20. The largest absolute Gasteiger partial charge is 0.338 e. The normalized spacial score (nSPS) is 11.1. The first-order valence-electron chi connectivity index (χ1n) is 7.19. The van der Waals surface area contributed by atoms with Crippen LogP contribution < -0.4 is 15.8 Å². The molecule has 0 aromatic heterocycles. The highest BCUT2D eigenvalue weighted by molar-refractivity contribution is 7.89. The van der Waals surface area contributed by atoms with E-state index in [9.17, 15) is 13.2 Å². The highest BCUT2D eigenvalue weighted by atomic mass is 35.5. The first-order valence-corrected chi connectivity index (χ1v) is 9.11.